The first-order chi connectivity index (χ1) is 9.99. The second-order valence-corrected chi connectivity index (χ2v) is 4.66. The standard InChI is InChI=1S/C15H13ClF2O3/c1-20-12-6-4-9(13(16)15(12)21-2)14(19)8-3-5-10(17)11(18)7-8/h3-7,14,19H,1-2H3. The summed E-state index contributed by atoms with van der Waals surface area (Å²) in [4.78, 5) is 0. The Bertz CT molecular complexity index is 662. The van der Waals surface area contributed by atoms with Crippen LogP contribution in [0.3, 0.4) is 0 Å². The fourth-order valence-electron chi connectivity index (χ4n) is 1.98. The molecule has 0 saturated heterocycles. The van der Waals surface area contributed by atoms with Gasteiger partial charge in [-0.05, 0) is 23.8 Å². The molecule has 112 valence electrons. The van der Waals surface area contributed by atoms with E-state index in [1.54, 1.807) is 6.07 Å². The van der Waals surface area contributed by atoms with Gasteiger partial charge in [0.15, 0.2) is 23.1 Å². The van der Waals surface area contributed by atoms with E-state index in [2.05, 4.69) is 0 Å². The summed E-state index contributed by atoms with van der Waals surface area (Å²) >= 11 is 6.18. The molecule has 2 aromatic rings. The zero-order chi connectivity index (χ0) is 15.6. The monoisotopic (exact) mass is 314 g/mol. The van der Waals surface area contributed by atoms with Gasteiger partial charge >= 0.3 is 0 Å². The molecular weight excluding hydrogens is 302 g/mol. The zero-order valence-corrected chi connectivity index (χ0v) is 12.1. The summed E-state index contributed by atoms with van der Waals surface area (Å²) in [6.07, 6.45) is -1.22. The maximum atomic E-state index is 13.3. The van der Waals surface area contributed by atoms with E-state index >= 15 is 0 Å². The molecule has 0 aromatic heterocycles. The summed E-state index contributed by atoms with van der Waals surface area (Å²) in [5, 5.41) is 10.4. The van der Waals surface area contributed by atoms with Crippen molar-refractivity contribution in [1.82, 2.24) is 0 Å². The van der Waals surface area contributed by atoms with Crippen LogP contribution in [0, 0.1) is 11.6 Å². The second-order valence-electron chi connectivity index (χ2n) is 4.28. The van der Waals surface area contributed by atoms with Crippen molar-refractivity contribution in [2.45, 2.75) is 6.10 Å². The fraction of sp³-hybridized carbons (Fsp3) is 0.200. The third-order valence-corrected chi connectivity index (χ3v) is 3.46. The van der Waals surface area contributed by atoms with Gasteiger partial charge in [0.1, 0.15) is 6.10 Å². The van der Waals surface area contributed by atoms with Crippen LogP contribution in [0.15, 0.2) is 30.3 Å². The van der Waals surface area contributed by atoms with Crippen molar-refractivity contribution in [1.29, 1.82) is 0 Å². The molecule has 6 heteroatoms. The predicted octanol–water partition coefficient (Wildman–Crippen LogP) is 3.72. The summed E-state index contributed by atoms with van der Waals surface area (Å²) in [5.41, 5.74) is 0.489. The predicted molar refractivity (Wildman–Crippen MR) is 75.0 cm³/mol. The van der Waals surface area contributed by atoms with E-state index in [-0.39, 0.29) is 16.3 Å². The van der Waals surface area contributed by atoms with Gasteiger partial charge in [0.25, 0.3) is 0 Å². The van der Waals surface area contributed by atoms with Crippen LogP contribution in [0.4, 0.5) is 8.78 Å². The molecule has 0 bridgehead atoms. The molecule has 0 aliphatic carbocycles. The van der Waals surface area contributed by atoms with Gasteiger partial charge in [-0.3, -0.25) is 0 Å². The molecular formula is C15H13ClF2O3. The maximum absolute atomic E-state index is 13.3. The normalized spacial score (nSPS) is 12.1. The van der Waals surface area contributed by atoms with Gasteiger partial charge in [0, 0.05) is 5.56 Å². The summed E-state index contributed by atoms with van der Waals surface area (Å²) < 4.78 is 36.4. The molecule has 3 nitrogen and oxygen atoms in total. The third-order valence-electron chi connectivity index (χ3n) is 3.07. The summed E-state index contributed by atoms with van der Waals surface area (Å²) in [6, 6.07) is 6.27. The van der Waals surface area contributed by atoms with Crippen LogP contribution >= 0.6 is 11.6 Å². The van der Waals surface area contributed by atoms with E-state index in [9.17, 15) is 13.9 Å². The molecule has 21 heavy (non-hydrogen) atoms. The Balaban J connectivity index is 2.48. The largest absolute Gasteiger partial charge is 0.493 e. The van der Waals surface area contributed by atoms with Crippen LogP contribution in [0.2, 0.25) is 5.02 Å². The average Bonchev–Trinajstić information content (AvgIpc) is 2.48. The molecule has 0 spiro atoms. The Morgan fingerprint density at radius 3 is 2.33 bits per heavy atom. The maximum Gasteiger partial charge on any atom is 0.179 e. The molecule has 0 saturated carbocycles. The molecule has 0 aliphatic heterocycles. The molecule has 1 N–H and O–H groups in total. The highest BCUT2D eigenvalue weighted by atomic mass is 35.5. The number of methoxy groups -OCH3 is 2. The van der Waals surface area contributed by atoms with E-state index in [1.165, 1.54) is 26.4 Å². The van der Waals surface area contributed by atoms with Crippen molar-refractivity contribution >= 4 is 11.6 Å². The van der Waals surface area contributed by atoms with Crippen molar-refractivity contribution < 1.29 is 23.4 Å². The molecule has 0 fully saturated rings. The minimum Gasteiger partial charge on any atom is -0.493 e. The summed E-state index contributed by atoms with van der Waals surface area (Å²) in [6.45, 7) is 0. The van der Waals surface area contributed by atoms with Gasteiger partial charge in [-0.15, -0.1) is 0 Å². The van der Waals surface area contributed by atoms with Crippen molar-refractivity contribution in [3.63, 3.8) is 0 Å². The highest BCUT2D eigenvalue weighted by Gasteiger charge is 2.20. The van der Waals surface area contributed by atoms with Crippen LogP contribution < -0.4 is 9.47 Å². The smallest absolute Gasteiger partial charge is 0.179 e. The number of ether oxygens (including phenoxy) is 2. The highest BCUT2D eigenvalue weighted by Crippen LogP contribution is 2.41. The first-order valence-electron chi connectivity index (χ1n) is 6.03. The van der Waals surface area contributed by atoms with Gasteiger partial charge in [0.2, 0.25) is 0 Å². The van der Waals surface area contributed by atoms with E-state index in [0.29, 0.717) is 11.3 Å². The number of hydrogen-bond donors (Lipinski definition) is 1. The lowest BCUT2D eigenvalue weighted by Crippen LogP contribution is -2.03. The van der Waals surface area contributed by atoms with Crippen LogP contribution in [-0.4, -0.2) is 19.3 Å². The lowest BCUT2D eigenvalue weighted by Gasteiger charge is -2.17. The number of halogens is 3. The van der Waals surface area contributed by atoms with Crippen LogP contribution in [0.1, 0.15) is 17.2 Å². The highest BCUT2D eigenvalue weighted by molar-refractivity contribution is 6.33. The molecule has 2 aromatic carbocycles. The quantitative estimate of drug-likeness (QED) is 0.935. The van der Waals surface area contributed by atoms with Gasteiger partial charge in [0.05, 0.1) is 19.2 Å². The molecule has 0 aliphatic rings. The number of benzene rings is 2. The van der Waals surface area contributed by atoms with Gasteiger partial charge in [-0.2, -0.15) is 0 Å². The zero-order valence-electron chi connectivity index (χ0n) is 11.4. The Hall–Kier alpha value is -1.85. The lowest BCUT2D eigenvalue weighted by atomic mass is 10.0. The first kappa shape index (κ1) is 15.5. The van der Waals surface area contributed by atoms with Gasteiger partial charge < -0.3 is 14.6 Å². The topological polar surface area (TPSA) is 38.7 Å². The van der Waals surface area contributed by atoms with Crippen LogP contribution in [0.25, 0.3) is 0 Å². The summed E-state index contributed by atoms with van der Waals surface area (Å²) in [7, 11) is 2.87. The second kappa shape index (κ2) is 6.28. The van der Waals surface area contributed by atoms with Crippen molar-refractivity contribution in [3.05, 3.63) is 58.1 Å². The Kier molecular flexibility index (Phi) is 4.65. The molecule has 0 amide bonds. The third kappa shape index (κ3) is 2.94. The Morgan fingerprint density at radius 2 is 1.76 bits per heavy atom. The Morgan fingerprint density at radius 1 is 1.05 bits per heavy atom. The lowest BCUT2D eigenvalue weighted by molar-refractivity contribution is 0.219. The van der Waals surface area contributed by atoms with E-state index in [1.807, 2.05) is 0 Å². The molecule has 1 atom stereocenters. The summed E-state index contributed by atoms with van der Waals surface area (Å²) in [5.74, 6) is -1.35. The van der Waals surface area contributed by atoms with Crippen molar-refractivity contribution in [3.8, 4) is 11.5 Å². The molecule has 2 rings (SSSR count). The first-order valence-corrected chi connectivity index (χ1v) is 6.40. The SMILES string of the molecule is COc1ccc(C(O)c2ccc(F)c(F)c2)c(Cl)c1OC. The number of hydrogen-bond acceptors (Lipinski definition) is 3. The fourth-order valence-corrected chi connectivity index (χ4v) is 2.31. The van der Waals surface area contributed by atoms with E-state index in [4.69, 9.17) is 21.1 Å². The number of aliphatic hydroxyl groups is 1. The van der Waals surface area contributed by atoms with Crippen LogP contribution in [0.5, 0.6) is 11.5 Å². The minimum atomic E-state index is -1.22. The number of aliphatic hydroxyl groups excluding tert-OH is 1. The van der Waals surface area contributed by atoms with Crippen molar-refractivity contribution in [2.75, 3.05) is 14.2 Å². The minimum absolute atomic E-state index is 0.147. The van der Waals surface area contributed by atoms with E-state index in [0.717, 1.165) is 12.1 Å². The number of rotatable bonds is 4. The molecule has 0 radical (unpaired) electrons. The van der Waals surface area contributed by atoms with Gasteiger partial charge in [-0.25, -0.2) is 8.78 Å². The average molecular weight is 315 g/mol. The van der Waals surface area contributed by atoms with Crippen molar-refractivity contribution in [2.24, 2.45) is 0 Å². The van der Waals surface area contributed by atoms with Gasteiger partial charge in [-0.1, -0.05) is 23.7 Å². The molecule has 0 heterocycles. The molecule has 1 unspecified atom stereocenters. The van der Waals surface area contributed by atoms with E-state index < -0.39 is 17.7 Å². The Labute approximate surface area is 125 Å². The van der Waals surface area contributed by atoms with Crippen LogP contribution in [-0.2, 0) is 0 Å².